The Hall–Kier alpha value is -1.91. The van der Waals surface area contributed by atoms with Crippen molar-refractivity contribution in [1.29, 1.82) is 0 Å². The van der Waals surface area contributed by atoms with Gasteiger partial charge in [0.1, 0.15) is 0 Å². The van der Waals surface area contributed by atoms with Crippen molar-refractivity contribution in [2.75, 3.05) is 25.3 Å². The van der Waals surface area contributed by atoms with Crippen LogP contribution in [0.25, 0.3) is 0 Å². The molecule has 3 rings (SSSR count). The molecule has 2 aliphatic rings. The number of benzene rings is 1. The Balaban J connectivity index is 1.75. The molecule has 0 heterocycles. The molecular weight excluding hydrogens is 256 g/mol. The van der Waals surface area contributed by atoms with Gasteiger partial charge in [0.15, 0.2) is 11.5 Å². The summed E-state index contributed by atoms with van der Waals surface area (Å²) in [6, 6.07) is 3.38. The van der Waals surface area contributed by atoms with Crippen molar-refractivity contribution in [3.05, 3.63) is 12.1 Å². The molecule has 0 aromatic heterocycles. The van der Waals surface area contributed by atoms with Crippen LogP contribution < -0.4 is 20.5 Å². The Morgan fingerprint density at radius 2 is 1.80 bits per heavy atom. The largest absolute Gasteiger partial charge is 0.493 e. The van der Waals surface area contributed by atoms with Crippen molar-refractivity contribution in [2.45, 2.75) is 19.3 Å². The van der Waals surface area contributed by atoms with Crippen LogP contribution in [0.1, 0.15) is 19.3 Å². The Labute approximate surface area is 118 Å². The first-order chi connectivity index (χ1) is 9.65. The summed E-state index contributed by atoms with van der Waals surface area (Å²) in [7, 11) is 3.12. The van der Waals surface area contributed by atoms with Crippen LogP contribution in [0.4, 0.5) is 11.4 Å². The normalized spacial score (nSPS) is 26.8. The molecule has 2 saturated carbocycles. The van der Waals surface area contributed by atoms with Gasteiger partial charge in [-0.1, -0.05) is 6.42 Å². The minimum atomic E-state index is 0.0821. The van der Waals surface area contributed by atoms with E-state index in [2.05, 4.69) is 5.32 Å². The van der Waals surface area contributed by atoms with E-state index in [0.717, 1.165) is 0 Å². The van der Waals surface area contributed by atoms with Gasteiger partial charge in [-0.05, 0) is 24.7 Å². The molecule has 5 nitrogen and oxygen atoms in total. The average Bonchev–Trinajstić information content (AvgIpc) is 2.94. The fourth-order valence-corrected chi connectivity index (χ4v) is 3.43. The van der Waals surface area contributed by atoms with Crippen LogP contribution in [0, 0.1) is 17.8 Å². The molecule has 0 spiro atoms. The molecule has 2 atom stereocenters. The Morgan fingerprint density at radius 1 is 1.20 bits per heavy atom. The minimum Gasteiger partial charge on any atom is -0.493 e. The third kappa shape index (κ3) is 2.07. The highest BCUT2D eigenvalue weighted by molar-refractivity contribution is 5.98. The third-order valence-corrected chi connectivity index (χ3v) is 4.52. The van der Waals surface area contributed by atoms with Crippen LogP contribution in [0.2, 0.25) is 0 Å². The summed E-state index contributed by atoms with van der Waals surface area (Å²) in [4.78, 5) is 12.3. The lowest BCUT2D eigenvalue weighted by molar-refractivity contribution is -0.118. The van der Waals surface area contributed by atoms with Gasteiger partial charge in [-0.15, -0.1) is 0 Å². The van der Waals surface area contributed by atoms with E-state index < -0.39 is 0 Å². The van der Waals surface area contributed by atoms with Gasteiger partial charge < -0.3 is 20.5 Å². The van der Waals surface area contributed by atoms with E-state index in [4.69, 9.17) is 15.2 Å². The number of anilines is 2. The molecule has 2 unspecified atom stereocenters. The summed E-state index contributed by atoms with van der Waals surface area (Å²) in [5, 5.41) is 2.93. The smallest absolute Gasteiger partial charge is 0.228 e. The summed E-state index contributed by atoms with van der Waals surface area (Å²) in [5.74, 6) is 2.57. The molecule has 5 heteroatoms. The Kier molecular flexibility index (Phi) is 3.20. The quantitative estimate of drug-likeness (QED) is 0.827. The standard InChI is InChI=1S/C15H20N2O3/c1-19-12-6-10(16)11(7-13(12)20-2)17-15(18)14-8-4-3-5-9(8)14/h6-9,14H,3-5,16H2,1-2H3,(H,17,18). The van der Waals surface area contributed by atoms with E-state index in [1.807, 2.05) is 0 Å². The van der Waals surface area contributed by atoms with Crippen LogP contribution in [0.3, 0.4) is 0 Å². The lowest BCUT2D eigenvalue weighted by atomic mass is 10.1. The first-order valence-corrected chi connectivity index (χ1v) is 6.98. The number of ether oxygens (including phenoxy) is 2. The molecule has 1 amide bonds. The molecule has 108 valence electrons. The zero-order chi connectivity index (χ0) is 14.3. The molecule has 3 N–H and O–H groups in total. The van der Waals surface area contributed by atoms with E-state index in [-0.39, 0.29) is 11.8 Å². The first-order valence-electron chi connectivity index (χ1n) is 6.98. The molecule has 1 aromatic rings. The number of amides is 1. The summed E-state index contributed by atoms with van der Waals surface area (Å²) < 4.78 is 10.4. The fraction of sp³-hybridized carbons (Fsp3) is 0.533. The number of carbonyl (C=O) groups is 1. The maximum atomic E-state index is 12.3. The number of hydrogen-bond acceptors (Lipinski definition) is 4. The van der Waals surface area contributed by atoms with Gasteiger partial charge in [0.2, 0.25) is 5.91 Å². The average molecular weight is 276 g/mol. The van der Waals surface area contributed by atoms with Crippen molar-refractivity contribution >= 4 is 17.3 Å². The molecule has 2 fully saturated rings. The topological polar surface area (TPSA) is 73.6 Å². The van der Waals surface area contributed by atoms with Gasteiger partial charge in [-0.2, -0.15) is 0 Å². The number of carbonyl (C=O) groups excluding carboxylic acids is 1. The van der Waals surface area contributed by atoms with Crippen molar-refractivity contribution < 1.29 is 14.3 Å². The van der Waals surface area contributed by atoms with Gasteiger partial charge >= 0.3 is 0 Å². The third-order valence-electron chi connectivity index (χ3n) is 4.52. The van der Waals surface area contributed by atoms with Crippen LogP contribution in [0.5, 0.6) is 11.5 Å². The number of nitrogen functional groups attached to an aromatic ring is 1. The van der Waals surface area contributed by atoms with E-state index in [1.165, 1.54) is 19.3 Å². The highest BCUT2D eigenvalue weighted by atomic mass is 16.5. The first kappa shape index (κ1) is 13.1. The van der Waals surface area contributed by atoms with E-state index in [0.29, 0.717) is 34.7 Å². The maximum absolute atomic E-state index is 12.3. The van der Waals surface area contributed by atoms with Crippen molar-refractivity contribution in [1.82, 2.24) is 0 Å². The van der Waals surface area contributed by atoms with Crippen LogP contribution >= 0.6 is 0 Å². The Bertz CT molecular complexity index is 534. The predicted molar refractivity (Wildman–Crippen MR) is 76.9 cm³/mol. The zero-order valence-corrected chi connectivity index (χ0v) is 11.8. The molecule has 0 saturated heterocycles. The number of rotatable bonds is 4. The number of fused-ring (bicyclic) bond motifs is 1. The van der Waals surface area contributed by atoms with Crippen molar-refractivity contribution in [3.63, 3.8) is 0 Å². The number of hydrogen-bond donors (Lipinski definition) is 2. The zero-order valence-electron chi connectivity index (χ0n) is 11.8. The van der Waals surface area contributed by atoms with Crippen molar-refractivity contribution in [3.8, 4) is 11.5 Å². The molecule has 1 aromatic carbocycles. The Morgan fingerprint density at radius 3 is 2.40 bits per heavy atom. The molecule has 20 heavy (non-hydrogen) atoms. The minimum absolute atomic E-state index is 0.0821. The number of nitrogens with one attached hydrogen (secondary N) is 1. The maximum Gasteiger partial charge on any atom is 0.228 e. The number of nitrogens with two attached hydrogens (primary N) is 1. The molecule has 0 aliphatic heterocycles. The summed E-state index contributed by atoms with van der Waals surface area (Å²) >= 11 is 0. The van der Waals surface area contributed by atoms with E-state index in [9.17, 15) is 4.79 Å². The second-order valence-electron chi connectivity index (χ2n) is 5.57. The predicted octanol–water partition coefficient (Wildman–Crippen LogP) is 2.27. The summed E-state index contributed by atoms with van der Waals surface area (Å²) in [6.07, 6.45) is 3.63. The second-order valence-corrected chi connectivity index (χ2v) is 5.57. The summed E-state index contributed by atoms with van der Waals surface area (Å²) in [6.45, 7) is 0. The summed E-state index contributed by atoms with van der Waals surface area (Å²) in [5.41, 5.74) is 7.04. The lowest BCUT2D eigenvalue weighted by Crippen LogP contribution is -2.17. The van der Waals surface area contributed by atoms with Crippen LogP contribution in [-0.4, -0.2) is 20.1 Å². The van der Waals surface area contributed by atoms with Crippen molar-refractivity contribution in [2.24, 2.45) is 17.8 Å². The van der Waals surface area contributed by atoms with Crippen LogP contribution in [0.15, 0.2) is 12.1 Å². The second kappa shape index (κ2) is 4.89. The monoisotopic (exact) mass is 276 g/mol. The van der Waals surface area contributed by atoms with Gasteiger partial charge in [0.05, 0.1) is 25.6 Å². The van der Waals surface area contributed by atoms with Crippen LogP contribution in [-0.2, 0) is 4.79 Å². The fourth-order valence-electron chi connectivity index (χ4n) is 3.43. The molecular formula is C15H20N2O3. The van der Waals surface area contributed by atoms with E-state index in [1.54, 1.807) is 26.4 Å². The molecule has 0 bridgehead atoms. The highest BCUT2D eigenvalue weighted by Gasteiger charge is 2.56. The van der Waals surface area contributed by atoms with Gasteiger partial charge in [0, 0.05) is 18.1 Å². The SMILES string of the molecule is COc1cc(N)c(NC(=O)C2C3CCCC32)cc1OC. The van der Waals surface area contributed by atoms with Gasteiger partial charge in [0.25, 0.3) is 0 Å². The highest BCUT2D eigenvalue weighted by Crippen LogP contribution is 2.57. The van der Waals surface area contributed by atoms with Gasteiger partial charge in [-0.3, -0.25) is 4.79 Å². The molecule has 2 aliphatic carbocycles. The van der Waals surface area contributed by atoms with Gasteiger partial charge in [-0.25, -0.2) is 0 Å². The molecule has 0 radical (unpaired) electrons. The number of methoxy groups -OCH3 is 2. The van der Waals surface area contributed by atoms with E-state index >= 15 is 0 Å². The lowest BCUT2D eigenvalue weighted by Gasteiger charge is -2.13.